The molecule has 3 nitrogen and oxygen atoms in total. The largest absolute Gasteiger partial charge is 0.476 e. The molecule has 0 aromatic carbocycles. The van der Waals surface area contributed by atoms with Crippen LogP contribution < -0.4 is 0 Å². The van der Waals surface area contributed by atoms with E-state index in [1.54, 1.807) is 0 Å². The Labute approximate surface area is 34.6 Å². The van der Waals surface area contributed by atoms with Crippen molar-refractivity contribution in [1.82, 2.24) is 0 Å². The van der Waals surface area contributed by atoms with E-state index in [0.29, 0.717) is 0 Å². The van der Waals surface area contributed by atoms with Crippen molar-refractivity contribution in [2.75, 3.05) is 0 Å². The van der Waals surface area contributed by atoms with Gasteiger partial charge in [-0.3, -0.25) is 4.79 Å². The topological polar surface area (TPSA) is 54.4 Å². The summed E-state index contributed by atoms with van der Waals surface area (Å²) in [5.41, 5.74) is 0. The molecule has 0 rings (SSSR count). The van der Waals surface area contributed by atoms with Gasteiger partial charge >= 0.3 is 5.97 Å². The van der Waals surface area contributed by atoms with Crippen molar-refractivity contribution in [3.63, 3.8) is 0 Å². The zero-order valence-corrected chi connectivity index (χ0v) is 3.26. The van der Waals surface area contributed by atoms with E-state index in [2.05, 4.69) is 0 Å². The van der Waals surface area contributed by atoms with Gasteiger partial charge in [-0.2, -0.15) is 0 Å². The molecule has 0 saturated heterocycles. The summed E-state index contributed by atoms with van der Waals surface area (Å²) in [6.45, 7) is 1.00. The Morgan fingerprint density at radius 2 is 1.67 bits per heavy atom. The van der Waals surface area contributed by atoms with Crippen LogP contribution in [0.2, 0.25) is 0 Å². The minimum absolute atomic E-state index is 0.824. The van der Waals surface area contributed by atoms with Gasteiger partial charge in [0.1, 0.15) is 0 Å². The van der Waals surface area contributed by atoms with Crippen LogP contribution in [0.1, 0.15) is 6.92 Å². The first-order valence-corrected chi connectivity index (χ1v) is 1.38. The van der Waals surface area contributed by atoms with E-state index >= 15 is 0 Å². The highest BCUT2D eigenvalue weighted by molar-refractivity contribution is 6.31. The van der Waals surface area contributed by atoms with E-state index in [1.165, 1.54) is 0 Å². The first-order valence-electron chi connectivity index (χ1n) is 1.38. The molecule has 0 aromatic rings. The molecule has 6 heavy (non-hydrogen) atoms. The number of hydrogen-bond donors (Lipinski definition) is 1. The number of carbonyl (C=O) groups excluding carboxylic acids is 1. The summed E-state index contributed by atoms with van der Waals surface area (Å²) in [6.07, 6.45) is 0. The van der Waals surface area contributed by atoms with Gasteiger partial charge in [0.2, 0.25) is 5.78 Å². The molecule has 34 valence electrons. The minimum Gasteiger partial charge on any atom is -0.476 e. The summed E-state index contributed by atoms with van der Waals surface area (Å²) in [4.78, 5) is 18.9. The van der Waals surface area contributed by atoms with Crippen molar-refractivity contribution < 1.29 is 14.7 Å². The minimum atomic E-state index is -1.38. The van der Waals surface area contributed by atoms with Gasteiger partial charge in [-0.15, -0.1) is 0 Å². The molecule has 0 unspecified atom stereocenters. The lowest BCUT2D eigenvalue weighted by Crippen LogP contribution is -2.05. The lowest BCUT2D eigenvalue weighted by atomic mass is 9.91. The van der Waals surface area contributed by atoms with Crippen molar-refractivity contribution in [2.24, 2.45) is 0 Å². The van der Waals surface area contributed by atoms with E-state index in [9.17, 15) is 9.59 Å². The molecule has 0 aliphatic rings. The van der Waals surface area contributed by atoms with Gasteiger partial charge in [0.25, 0.3) is 0 Å². The van der Waals surface area contributed by atoms with Crippen LogP contribution in [0.3, 0.4) is 0 Å². The average molecular weight is 87.1 g/mol. The third kappa shape index (κ3) is 1.46. The van der Waals surface area contributed by atoms with Crippen molar-refractivity contribution in [1.29, 1.82) is 0 Å². The summed E-state index contributed by atoms with van der Waals surface area (Å²) in [5.74, 6) is -2.20. The van der Waals surface area contributed by atoms with Gasteiger partial charge in [0.15, 0.2) is 0 Å². The zero-order valence-electron chi connectivity index (χ0n) is 3.26. The summed E-state index contributed by atoms with van der Waals surface area (Å²) in [5, 5.41) is 7.64. The van der Waals surface area contributed by atoms with Crippen LogP contribution in [0.5, 0.6) is 0 Å². The van der Waals surface area contributed by atoms with Crippen molar-refractivity contribution in [3.05, 3.63) is 0 Å². The smallest absolute Gasteiger partial charge is 0.371 e. The van der Waals surface area contributed by atoms with Crippen LogP contribution in [0.15, 0.2) is 0 Å². The maximum absolute atomic E-state index is 9.54. The summed E-state index contributed by atoms with van der Waals surface area (Å²) in [7, 11) is 0. The molecule has 0 atom stereocenters. The first kappa shape index (κ1) is 5.14. The van der Waals surface area contributed by atoms with Crippen molar-refractivity contribution >= 4 is 11.8 Å². The van der Waals surface area contributed by atoms with Gasteiger partial charge in [0, 0.05) is 6.92 Å². The lowest BCUT2D eigenvalue weighted by Gasteiger charge is -1.73. The van der Waals surface area contributed by atoms with Crippen LogP contribution in [-0.2, 0) is 9.59 Å². The van der Waals surface area contributed by atoms with E-state index in [1.807, 2.05) is 0 Å². The molecular weight excluding hydrogens is 83.0 g/mol. The fourth-order valence-corrected chi connectivity index (χ4v) is 0. The number of carbonyl (C=O) groups is 2. The molecular formula is C3H4O3. The number of aliphatic carboxylic acids is 1. The quantitative estimate of drug-likeness (QED) is 0.445. The number of rotatable bonds is 1. The number of carboxylic acids is 1. The molecule has 0 aliphatic carbocycles. The van der Waals surface area contributed by atoms with E-state index in [0.717, 1.165) is 6.92 Å². The number of carboxylic acid groups (broad SMARTS) is 1. The third-order valence-corrected chi connectivity index (χ3v) is 0.301. The Bertz CT molecular complexity index is 72.0. The predicted molar refractivity (Wildman–Crippen MR) is 18.3 cm³/mol. The van der Waals surface area contributed by atoms with Crippen LogP contribution in [0, 0.1) is 0 Å². The molecule has 0 aliphatic heterocycles. The third-order valence-electron chi connectivity index (χ3n) is 0.301. The second-order valence-electron chi connectivity index (χ2n) is 0.861. The molecule has 0 spiro atoms. The number of hydrogen-bond acceptors (Lipinski definition) is 2. The van der Waals surface area contributed by atoms with Crippen LogP contribution in [-0.4, -0.2) is 16.9 Å². The molecule has 0 aromatic heterocycles. The molecule has 0 radical (unpaired) electrons. The van der Waals surface area contributed by atoms with E-state index < -0.39 is 11.8 Å². The zero-order chi connectivity index (χ0) is 5.15. The van der Waals surface area contributed by atoms with E-state index in [4.69, 9.17) is 5.11 Å². The first-order chi connectivity index (χ1) is 2.64. The van der Waals surface area contributed by atoms with E-state index in [-0.39, 0.29) is 0 Å². The van der Waals surface area contributed by atoms with Crippen LogP contribution in [0.25, 0.3) is 0 Å². The molecule has 0 heterocycles. The van der Waals surface area contributed by atoms with Crippen molar-refractivity contribution in [3.8, 4) is 0 Å². The Hall–Kier alpha value is -0.860. The molecule has 0 amide bonds. The normalized spacial score (nSPS) is 7.50. The van der Waals surface area contributed by atoms with Crippen molar-refractivity contribution in [2.45, 2.75) is 6.92 Å². The molecule has 1 N–H and O–H groups in total. The molecule has 0 bridgehead atoms. The van der Waals surface area contributed by atoms with Gasteiger partial charge < -0.3 is 5.11 Å². The van der Waals surface area contributed by atoms with Crippen LogP contribution in [0.4, 0.5) is 0 Å². The Kier molecular flexibility index (Phi) is 1.32. The number of ketones is 1. The Morgan fingerprint density at radius 1 is 1.50 bits per heavy atom. The lowest BCUT2D eigenvalue weighted by molar-refractivity contribution is -0.148. The monoisotopic (exact) mass is 87.0 g/mol. The highest BCUT2D eigenvalue weighted by atomic mass is 16.4. The van der Waals surface area contributed by atoms with Gasteiger partial charge in [-0.1, -0.05) is 0 Å². The summed E-state index contributed by atoms with van der Waals surface area (Å²) >= 11 is 0. The SMILES string of the molecule is C[11C](=O)C(=O)O. The second-order valence-corrected chi connectivity index (χ2v) is 0.861. The molecule has 0 saturated carbocycles. The number of Topliss-reactive ketones (excluding diaryl/α,β-unsaturated/α-hetero) is 1. The summed E-state index contributed by atoms with van der Waals surface area (Å²) in [6, 6.07) is 0. The predicted octanol–water partition coefficient (Wildman–Crippen LogP) is -0.340. The Morgan fingerprint density at radius 3 is 1.67 bits per heavy atom. The summed E-state index contributed by atoms with van der Waals surface area (Å²) < 4.78 is 0. The fraction of sp³-hybridized carbons (Fsp3) is 0.333. The maximum atomic E-state index is 9.54. The second kappa shape index (κ2) is 1.55. The Balaban J connectivity index is 3.57. The van der Waals surface area contributed by atoms with Gasteiger partial charge in [-0.25, -0.2) is 4.79 Å². The molecule has 0 fully saturated rings. The average Bonchev–Trinajstić information content (AvgIpc) is 1.36. The fourth-order valence-electron chi connectivity index (χ4n) is 0. The highest BCUT2D eigenvalue weighted by Gasteiger charge is 1.98. The molecule has 3 heteroatoms. The van der Waals surface area contributed by atoms with Gasteiger partial charge in [0.05, 0.1) is 0 Å². The highest BCUT2D eigenvalue weighted by Crippen LogP contribution is 1.61. The van der Waals surface area contributed by atoms with Gasteiger partial charge in [-0.05, 0) is 0 Å². The van der Waals surface area contributed by atoms with Crippen LogP contribution >= 0.6 is 0 Å². The maximum Gasteiger partial charge on any atom is 0.371 e. The standard InChI is InChI=1S/C3H4O3/c1-2(4)3(5)6/h1H3,(H,5,6)/i2-1.